The summed E-state index contributed by atoms with van der Waals surface area (Å²) in [6.07, 6.45) is 0. The van der Waals surface area contributed by atoms with Gasteiger partial charge in [-0.25, -0.2) is 0 Å². The molecule has 0 saturated carbocycles. The van der Waals surface area contributed by atoms with Crippen molar-refractivity contribution in [3.05, 3.63) is 0 Å². The standard InChI is InChI=1S/C4H12N10O2/c5-3(9-7)13-11-1(15)2(16)12-14-4(6)10-8/h7-8H2,(H,11,15)(H,12,16)(H3,5,9,13)(H3,6,10,14). The largest absolute Gasteiger partial charge is 0.367 e. The zero-order valence-corrected chi connectivity index (χ0v) is 8.02. The van der Waals surface area contributed by atoms with E-state index >= 15 is 0 Å². The number of amides is 2. The average Bonchev–Trinajstić information content (AvgIpc) is 2.31. The molecular weight excluding hydrogens is 220 g/mol. The molecule has 0 aromatic rings. The maximum atomic E-state index is 11.0. The first-order valence-electron chi connectivity index (χ1n) is 3.70. The summed E-state index contributed by atoms with van der Waals surface area (Å²) in [7, 11) is 0. The van der Waals surface area contributed by atoms with Crippen LogP contribution in [-0.2, 0) is 9.59 Å². The topological polar surface area (TPSA) is 211 Å². The second-order valence-electron chi connectivity index (χ2n) is 2.19. The van der Waals surface area contributed by atoms with Gasteiger partial charge in [0.15, 0.2) is 0 Å². The van der Waals surface area contributed by atoms with Gasteiger partial charge in [-0.2, -0.15) is 0 Å². The Morgan fingerprint density at radius 1 is 0.750 bits per heavy atom. The molecule has 0 aromatic heterocycles. The average molecular weight is 232 g/mol. The molecule has 0 spiro atoms. The molecule has 90 valence electrons. The van der Waals surface area contributed by atoms with Crippen molar-refractivity contribution < 1.29 is 9.59 Å². The van der Waals surface area contributed by atoms with Crippen LogP contribution in [0.25, 0.3) is 0 Å². The second-order valence-corrected chi connectivity index (χ2v) is 2.19. The van der Waals surface area contributed by atoms with E-state index in [2.05, 4.69) is 10.2 Å². The van der Waals surface area contributed by atoms with Crippen LogP contribution < -0.4 is 44.9 Å². The summed E-state index contributed by atoms with van der Waals surface area (Å²) in [5.41, 5.74) is 18.0. The fourth-order valence-electron chi connectivity index (χ4n) is 0.420. The fraction of sp³-hybridized carbons (Fsp3) is 0. The van der Waals surface area contributed by atoms with Crippen LogP contribution in [0.5, 0.6) is 0 Å². The molecule has 12 heteroatoms. The van der Waals surface area contributed by atoms with E-state index in [-0.39, 0.29) is 11.9 Å². The minimum atomic E-state index is -1.07. The molecule has 0 saturated heterocycles. The highest BCUT2D eigenvalue weighted by molar-refractivity contribution is 6.35. The summed E-state index contributed by atoms with van der Waals surface area (Å²) >= 11 is 0. The quantitative estimate of drug-likeness (QED) is 0.0661. The number of rotatable bonds is 0. The van der Waals surface area contributed by atoms with Gasteiger partial charge in [0.25, 0.3) is 0 Å². The lowest BCUT2D eigenvalue weighted by molar-refractivity contribution is -0.139. The molecule has 0 bridgehead atoms. The summed E-state index contributed by atoms with van der Waals surface area (Å²) in [6.45, 7) is 0. The lowest BCUT2D eigenvalue weighted by Crippen LogP contribution is -2.55. The fourth-order valence-corrected chi connectivity index (χ4v) is 0.420. The Hall–Kier alpha value is -2.92. The first-order chi connectivity index (χ1) is 7.51. The van der Waals surface area contributed by atoms with Crippen LogP contribution in [-0.4, -0.2) is 23.7 Å². The van der Waals surface area contributed by atoms with Gasteiger partial charge >= 0.3 is 11.8 Å². The Morgan fingerprint density at radius 3 is 1.31 bits per heavy atom. The van der Waals surface area contributed by atoms with Crippen LogP contribution >= 0.6 is 0 Å². The van der Waals surface area contributed by atoms with Crippen molar-refractivity contribution in [3.63, 3.8) is 0 Å². The van der Waals surface area contributed by atoms with Crippen molar-refractivity contribution in [2.45, 2.75) is 0 Å². The molecule has 0 aliphatic heterocycles. The Bertz CT molecular complexity index is 289. The predicted molar refractivity (Wildman–Crippen MR) is 54.2 cm³/mol. The molecule has 0 fully saturated rings. The van der Waals surface area contributed by atoms with Crippen LogP contribution in [0.15, 0.2) is 10.2 Å². The maximum absolute atomic E-state index is 11.0. The predicted octanol–water partition coefficient (Wildman–Crippen LogP) is -5.40. The number of hydrogen-bond acceptors (Lipinski definition) is 6. The van der Waals surface area contributed by atoms with Crippen LogP contribution in [0.2, 0.25) is 0 Å². The van der Waals surface area contributed by atoms with E-state index in [4.69, 9.17) is 23.2 Å². The molecule has 0 atom stereocenters. The van der Waals surface area contributed by atoms with Crippen molar-refractivity contribution in [2.75, 3.05) is 0 Å². The third-order valence-electron chi connectivity index (χ3n) is 1.09. The highest BCUT2D eigenvalue weighted by Gasteiger charge is 2.12. The number of nitrogens with one attached hydrogen (secondary N) is 4. The van der Waals surface area contributed by atoms with E-state index in [1.54, 1.807) is 0 Å². The summed E-state index contributed by atoms with van der Waals surface area (Å²) < 4.78 is 0. The van der Waals surface area contributed by atoms with E-state index < -0.39 is 11.8 Å². The Balaban J connectivity index is 3.96. The minimum Gasteiger partial charge on any atom is -0.367 e. The lowest BCUT2D eigenvalue weighted by atomic mass is 10.6. The van der Waals surface area contributed by atoms with Crippen molar-refractivity contribution in [3.8, 4) is 0 Å². The molecule has 12 N–H and O–H groups in total. The molecule has 0 rings (SSSR count). The van der Waals surface area contributed by atoms with Crippen molar-refractivity contribution in [1.29, 1.82) is 0 Å². The molecule has 0 unspecified atom stereocenters. The van der Waals surface area contributed by atoms with Gasteiger partial charge < -0.3 is 23.2 Å². The number of hydrazone groups is 2. The van der Waals surface area contributed by atoms with Crippen LogP contribution in [0.3, 0.4) is 0 Å². The molecule has 2 amide bonds. The smallest absolute Gasteiger partial charge is 0.329 e. The molecule has 0 aliphatic carbocycles. The lowest BCUT2D eigenvalue weighted by Gasteiger charge is -2.08. The molecule has 16 heavy (non-hydrogen) atoms. The minimum absolute atomic E-state index is 0.280. The van der Waals surface area contributed by atoms with E-state index in [0.29, 0.717) is 0 Å². The van der Waals surface area contributed by atoms with Gasteiger partial charge in [0, 0.05) is 0 Å². The Labute approximate surface area is 89.4 Å². The number of carbonyl (C=O) groups excluding carboxylic acids is 2. The van der Waals surface area contributed by atoms with E-state index in [1.807, 2.05) is 21.7 Å². The number of hydrazine groups is 2. The number of nitrogens with zero attached hydrogens (tertiary/aromatic N) is 2. The van der Waals surface area contributed by atoms with Crippen molar-refractivity contribution in [2.24, 2.45) is 33.4 Å². The third kappa shape index (κ3) is 4.95. The molecule has 12 nitrogen and oxygen atoms in total. The van der Waals surface area contributed by atoms with E-state index in [9.17, 15) is 9.59 Å². The van der Waals surface area contributed by atoms with Crippen molar-refractivity contribution in [1.82, 2.24) is 21.7 Å². The number of nitrogens with two attached hydrogens (primary N) is 4. The van der Waals surface area contributed by atoms with Crippen LogP contribution in [0.1, 0.15) is 0 Å². The van der Waals surface area contributed by atoms with Gasteiger partial charge in [-0.1, -0.05) is 0 Å². The number of carbonyl (C=O) groups is 2. The maximum Gasteiger partial charge on any atom is 0.329 e. The summed E-state index contributed by atoms with van der Waals surface area (Å²) in [5.74, 6) is 6.79. The van der Waals surface area contributed by atoms with Crippen LogP contribution in [0.4, 0.5) is 0 Å². The van der Waals surface area contributed by atoms with Crippen molar-refractivity contribution >= 4 is 23.7 Å². The summed E-state index contributed by atoms with van der Waals surface area (Å²) in [4.78, 5) is 22.0. The zero-order valence-electron chi connectivity index (χ0n) is 8.02. The molecule has 0 radical (unpaired) electrons. The molecule has 0 heterocycles. The van der Waals surface area contributed by atoms with Crippen LogP contribution in [0, 0.1) is 0 Å². The Kier molecular flexibility index (Phi) is 5.33. The summed E-state index contributed by atoms with van der Waals surface area (Å²) in [6, 6.07) is 0. The normalized spacial score (nSPS) is 11.5. The Morgan fingerprint density at radius 2 is 1.06 bits per heavy atom. The van der Waals surface area contributed by atoms with Gasteiger partial charge in [0.1, 0.15) is 0 Å². The zero-order chi connectivity index (χ0) is 12.6. The summed E-state index contributed by atoms with van der Waals surface area (Å²) in [5, 5.41) is 5.95. The van der Waals surface area contributed by atoms with Gasteiger partial charge in [0.05, 0.1) is 0 Å². The number of hydrogen-bond donors (Lipinski definition) is 8. The first kappa shape index (κ1) is 13.1. The van der Waals surface area contributed by atoms with Gasteiger partial charge in [-0.3, -0.25) is 31.3 Å². The highest BCUT2D eigenvalue weighted by atomic mass is 16.2. The van der Waals surface area contributed by atoms with Gasteiger partial charge in [0.2, 0.25) is 11.9 Å². The second kappa shape index (κ2) is 6.52. The van der Waals surface area contributed by atoms with E-state index in [1.165, 1.54) is 0 Å². The molecular formula is C4H12N10O2. The van der Waals surface area contributed by atoms with E-state index in [0.717, 1.165) is 0 Å². The monoisotopic (exact) mass is 232 g/mol. The molecule has 0 aromatic carbocycles. The van der Waals surface area contributed by atoms with Gasteiger partial charge in [-0.15, -0.1) is 10.2 Å². The molecule has 0 aliphatic rings. The SMILES string of the molecule is NN=C(N)NNC(=O)C(=O)NNC(N)=NN. The third-order valence-corrected chi connectivity index (χ3v) is 1.09. The highest BCUT2D eigenvalue weighted by Crippen LogP contribution is 1.63. The number of guanidine groups is 2. The van der Waals surface area contributed by atoms with Gasteiger partial charge in [-0.05, 0) is 0 Å². The first-order valence-corrected chi connectivity index (χ1v) is 3.70.